The Morgan fingerprint density at radius 2 is 1.55 bits per heavy atom. The largest absolute Gasteiger partial charge is 0.481 e. The Morgan fingerprint density at radius 1 is 0.881 bits per heavy atom. The highest BCUT2D eigenvalue weighted by Gasteiger charge is 2.22. The van der Waals surface area contributed by atoms with Crippen LogP contribution in [0.5, 0.6) is 0 Å². The van der Waals surface area contributed by atoms with E-state index in [0.717, 1.165) is 28.2 Å². The molecule has 0 aliphatic heterocycles. The maximum atomic E-state index is 15.2. The number of ether oxygens (including phenoxy) is 1. The predicted molar refractivity (Wildman–Crippen MR) is 167 cm³/mol. The quantitative estimate of drug-likeness (QED) is 0.119. The number of carbonyl (C=O) groups is 2. The van der Waals surface area contributed by atoms with Crippen molar-refractivity contribution in [1.29, 1.82) is 0 Å². The number of halogens is 1. The molecule has 0 spiro atoms. The minimum atomic E-state index is -1.11. The molecule has 0 amide bonds. The molecule has 1 aliphatic rings. The van der Waals surface area contributed by atoms with E-state index >= 15 is 4.39 Å². The van der Waals surface area contributed by atoms with E-state index in [4.69, 9.17) is 9.84 Å². The summed E-state index contributed by atoms with van der Waals surface area (Å²) < 4.78 is 20.3. The third-order valence-corrected chi connectivity index (χ3v) is 8.51. The van der Waals surface area contributed by atoms with Crippen molar-refractivity contribution in [2.24, 2.45) is 5.92 Å². The number of carboxylic acids is 1. The number of unbranched alkanes of at least 4 members (excludes halogenated alkanes) is 2. The van der Waals surface area contributed by atoms with Crippen LogP contribution in [0.3, 0.4) is 0 Å². The van der Waals surface area contributed by atoms with Crippen LogP contribution in [0, 0.1) is 11.7 Å². The van der Waals surface area contributed by atoms with Gasteiger partial charge < -0.3 is 9.84 Å². The summed E-state index contributed by atoms with van der Waals surface area (Å²) in [5.41, 5.74) is 5.65. The molecule has 1 N–H and O–H groups in total. The van der Waals surface area contributed by atoms with Crippen molar-refractivity contribution in [2.45, 2.75) is 83.5 Å². The van der Waals surface area contributed by atoms with E-state index in [1.165, 1.54) is 56.9 Å². The molecule has 0 bridgehead atoms. The van der Waals surface area contributed by atoms with Crippen molar-refractivity contribution in [2.75, 3.05) is 6.61 Å². The van der Waals surface area contributed by atoms with Crippen LogP contribution in [0.2, 0.25) is 0 Å². The molecule has 4 nitrogen and oxygen atoms in total. The molecule has 0 saturated heterocycles. The molecule has 42 heavy (non-hydrogen) atoms. The fourth-order valence-corrected chi connectivity index (χ4v) is 5.99. The first kappa shape index (κ1) is 31.2. The lowest BCUT2D eigenvalue weighted by Crippen LogP contribution is -2.13. The first-order valence-electron chi connectivity index (χ1n) is 15.4. The van der Waals surface area contributed by atoms with Crippen LogP contribution in [0.15, 0.2) is 78.9 Å². The van der Waals surface area contributed by atoms with Gasteiger partial charge in [-0.3, -0.25) is 4.79 Å². The number of aliphatic carboxylic acids is 1. The van der Waals surface area contributed by atoms with Crippen molar-refractivity contribution < 1.29 is 23.8 Å². The Balaban J connectivity index is 1.28. The van der Waals surface area contributed by atoms with Crippen LogP contribution in [0.4, 0.5) is 4.39 Å². The number of esters is 1. The molecule has 0 radical (unpaired) electrons. The van der Waals surface area contributed by atoms with Gasteiger partial charge in [-0.1, -0.05) is 99.8 Å². The summed E-state index contributed by atoms with van der Waals surface area (Å²) in [6.45, 7) is 5.89. The van der Waals surface area contributed by atoms with Gasteiger partial charge in [0.25, 0.3) is 0 Å². The zero-order chi connectivity index (χ0) is 29.9. The second-order valence-electron chi connectivity index (χ2n) is 11.6. The van der Waals surface area contributed by atoms with Gasteiger partial charge in [0, 0.05) is 11.1 Å². The molecular formula is C37H43FO4. The topological polar surface area (TPSA) is 63.6 Å². The maximum Gasteiger partial charge on any atom is 0.333 e. The first-order valence-corrected chi connectivity index (χ1v) is 15.4. The highest BCUT2D eigenvalue weighted by molar-refractivity contribution is 5.92. The van der Waals surface area contributed by atoms with Gasteiger partial charge in [0.05, 0.1) is 13.0 Å². The molecule has 222 valence electrons. The number of benzene rings is 3. The van der Waals surface area contributed by atoms with E-state index in [0.29, 0.717) is 24.3 Å². The summed E-state index contributed by atoms with van der Waals surface area (Å²) in [7, 11) is 0. The van der Waals surface area contributed by atoms with Crippen LogP contribution < -0.4 is 0 Å². The summed E-state index contributed by atoms with van der Waals surface area (Å²) >= 11 is 0. The Kier molecular flexibility index (Phi) is 11.5. The summed E-state index contributed by atoms with van der Waals surface area (Å²) in [6.07, 6.45) is 11.5. The van der Waals surface area contributed by atoms with Gasteiger partial charge in [-0.05, 0) is 84.2 Å². The zero-order valence-electron chi connectivity index (χ0n) is 24.7. The molecule has 0 atom stereocenters. The normalized spacial score (nSPS) is 16.6. The molecule has 3 aromatic carbocycles. The summed E-state index contributed by atoms with van der Waals surface area (Å²) in [6, 6.07) is 21.9. The number of hydrogen-bond donors (Lipinski definition) is 1. The highest BCUT2D eigenvalue weighted by atomic mass is 19.1. The average molecular weight is 571 g/mol. The highest BCUT2D eigenvalue weighted by Crippen LogP contribution is 2.38. The van der Waals surface area contributed by atoms with E-state index < -0.39 is 18.4 Å². The van der Waals surface area contributed by atoms with E-state index in [-0.39, 0.29) is 18.0 Å². The number of rotatable bonds is 14. The van der Waals surface area contributed by atoms with Crippen LogP contribution >= 0.6 is 0 Å². The zero-order valence-corrected chi connectivity index (χ0v) is 24.7. The van der Waals surface area contributed by atoms with Crippen LogP contribution in [-0.2, 0) is 20.7 Å². The molecule has 0 aromatic heterocycles. The number of carbonyl (C=O) groups excluding carboxylic acids is 1. The van der Waals surface area contributed by atoms with Gasteiger partial charge in [0.2, 0.25) is 0 Å². The molecular weight excluding hydrogens is 527 g/mol. The van der Waals surface area contributed by atoms with E-state index in [1.807, 2.05) is 36.4 Å². The number of carboxylic acid groups (broad SMARTS) is 1. The second kappa shape index (κ2) is 15.5. The Bertz CT molecular complexity index is 1340. The SMILES string of the molecule is C=C(CC(=O)O)C(=O)OCCCc1ccc(-c2ccc(-c3ccc(C4CCC(CCCCC)CC4)cc3)cc2F)cc1. The second-order valence-corrected chi connectivity index (χ2v) is 11.6. The molecule has 5 heteroatoms. The molecule has 1 fully saturated rings. The van der Waals surface area contributed by atoms with Gasteiger partial charge in [0.1, 0.15) is 5.82 Å². The third-order valence-electron chi connectivity index (χ3n) is 8.51. The molecule has 4 rings (SSSR count). The lowest BCUT2D eigenvalue weighted by Gasteiger charge is -2.29. The lowest BCUT2D eigenvalue weighted by molar-refractivity contribution is -0.142. The fraction of sp³-hybridized carbons (Fsp3) is 0.405. The standard InChI is InChI=1S/C37H43FO4/c1-3-4-5-7-27-9-13-29(14-10-27)30-17-19-31(20-18-30)33-21-22-34(35(38)25-33)32-15-11-28(12-16-32)8-6-23-42-37(41)26(2)24-36(39)40/h11-12,15-22,25,27,29H,2-10,13-14,23-24H2,1H3,(H,39,40). The number of hydrogen-bond acceptors (Lipinski definition) is 3. The fourth-order valence-electron chi connectivity index (χ4n) is 5.99. The first-order chi connectivity index (χ1) is 20.3. The average Bonchev–Trinajstić information content (AvgIpc) is 3.00. The maximum absolute atomic E-state index is 15.2. The predicted octanol–water partition coefficient (Wildman–Crippen LogP) is 9.52. The Labute approximate surface area is 249 Å². The van der Waals surface area contributed by atoms with Crippen molar-refractivity contribution in [3.05, 3.63) is 95.8 Å². The third kappa shape index (κ3) is 8.88. The van der Waals surface area contributed by atoms with Crippen LogP contribution in [0.25, 0.3) is 22.3 Å². The smallest absolute Gasteiger partial charge is 0.333 e. The minimum absolute atomic E-state index is 0.0672. The Morgan fingerprint density at radius 3 is 2.19 bits per heavy atom. The van der Waals surface area contributed by atoms with Crippen LogP contribution in [0.1, 0.15) is 88.2 Å². The molecule has 3 aromatic rings. The molecule has 0 unspecified atom stereocenters. The van der Waals surface area contributed by atoms with E-state index in [2.05, 4.69) is 37.8 Å². The summed E-state index contributed by atoms with van der Waals surface area (Å²) in [4.78, 5) is 22.4. The summed E-state index contributed by atoms with van der Waals surface area (Å²) in [5.74, 6) is -0.502. The minimum Gasteiger partial charge on any atom is -0.481 e. The molecule has 0 heterocycles. The van der Waals surface area contributed by atoms with E-state index in [1.54, 1.807) is 6.07 Å². The summed E-state index contributed by atoms with van der Waals surface area (Å²) in [5, 5.41) is 8.73. The molecule has 1 aliphatic carbocycles. The van der Waals surface area contributed by atoms with Crippen molar-refractivity contribution in [3.8, 4) is 22.3 Å². The van der Waals surface area contributed by atoms with Crippen molar-refractivity contribution >= 4 is 11.9 Å². The Hall–Kier alpha value is -3.73. The van der Waals surface area contributed by atoms with Gasteiger partial charge in [-0.25, -0.2) is 9.18 Å². The van der Waals surface area contributed by atoms with Gasteiger partial charge in [0.15, 0.2) is 0 Å². The van der Waals surface area contributed by atoms with Crippen molar-refractivity contribution in [3.63, 3.8) is 0 Å². The van der Waals surface area contributed by atoms with Crippen molar-refractivity contribution in [1.82, 2.24) is 0 Å². The van der Waals surface area contributed by atoms with Gasteiger partial charge in [-0.15, -0.1) is 0 Å². The van der Waals surface area contributed by atoms with Gasteiger partial charge >= 0.3 is 11.9 Å². The monoisotopic (exact) mass is 570 g/mol. The van der Waals surface area contributed by atoms with E-state index in [9.17, 15) is 9.59 Å². The number of aryl methyl sites for hydroxylation is 1. The molecule has 1 saturated carbocycles. The van der Waals surface area contributed by atoms with Crippen LogP contribution in [-0.4, -0.2) is 23.7 Å². The van der Waals surface area contributed by atoms with Gasteiger partial charge in [-0.2, -0.15) is 0 Å². The lowest BCUT2D eigenvalue weighted by atomic mass is 9.77.